The highest BCUT2D eigenvalue weighted by Gasteiger charge is 2.26. The van der Waals surface area contributed by atoms with E-state index in [1.165, 1.54) is 6.07 Å². The average molecular weight is 439 g/mol. The summed E-state index contributed by atoms with van der Waals surface area (Å²) in [6.07, 6.45) is 4.38. The number of benzene rings is 2. The molecular formula is C24H30N4O4. The number of amides is 1. The minimum atomic E-state index is -0.363. The van der Waals surface area contributed by atoms with Crippen LogP contribution in [0.2, 0.25) is 0 Å². The molecule has 170 valence electrons. The first-order valence-corrected chi connectivity index (χ1v) is 11.3. The van der Waals surface area contributed by atoms with Gasteiger partial charge in [0.2, 0.25) is 0 Å². The van der Waals surface area contributed by atoms with E-state index in [4.69, 9.17) is 4.74 Å². The number of rotatable bonds is 5. The van der Waals surface area contributed by atoms with Gasteiger partial charge in [0.05, 0.1) is 12.0 Å². The van der Waals surface area contributed by atoms with Crippen LogP contribution in [0.25, 0.3) is 0 Å². The van der Waals surface area contributed by atoms with E-state index in [1.54, 1.807) is 24.1 Å². The van der Waals surface area contributed by atoms with E-state index < -0.39 is 0 Å². The monoisotopic (exact) mass is 438 g/mol. The summed E-state index contributed by atoms with van der Waals surface area (Å²) in [6, 6.07) is 12.8. The quantitative estimate of drug-likeness (QED) is 0.520. The second-order valence-electron chi connectivity index (χ2n) is 8.34. The summed E-state index contributed by atoms with van der Waals surface area (Å²) < 4.78 is 5.30. The van der Waals surface area contributed by atoms with Crippen LogP contribution in [0, 0.1) is 10.1 Å². The van der Waals surface area contributed by atoms with Gasteiger partial charge in [-0.1, -0.05) is 18.9 Å². The van der Waals surface area contributed by atoms with Crippen LogP contribution in [0.5, 0.6) is 5.75 Å². The smallest absolute Gasteiger partial charge is 0.293 e. The van der Waals surface area contributed by atoms with Gasteiger partial charge in [-0.25, -0.2) is 0 Å². The SMILES string of the molecule is COc1cccc(N2CCN(C(=O)c3ccc(N4CCCCCC4)c([N+](=O)[O-])c3)CC2)c1. The lowest BCUT2D eigenvalue weighted by Gasteiger charge is -2.36. The van der Waals surface area contributed by atoms with Crippen molar-refractivity contribution in [2.45, 2.75) is 25.7 Å². The molecular weight excluding hydrogens is 408 g/mol. The summed E-state index contributed by atoms with van der Waals surface area (Å²) in [7, 11) is 1.65. The van der Waals surface area contributed by atoms with Gasteiger partial charge in [-0.05, 0) is 37.1 Å². The number of carbonyl (C=O) groups is 1. The van der Waals surface area contributed by atoms with E-state index in [9.17, 15) is 14.9 Å². The zero-order valence-electron chi connectivity index (χ0n) is 18.5. The molecule has 0 saturated carbocycles. The van der Waals surface area contributed by atoms with E-state index in [2.05, 4.69) is 9.80 Å². The first-order valence-electron chi connectivity index (χ1n) is 11.3. The van der Waals surface area contributed by atoms with Crippen molar-refractivity contribution in [1.82, 2.24) is 4.90 Å². The number of nitrogens with zero attached hydrogens (tertiary/aromatic N) is 4. The van der Waals surface area contributed by atoms with Crippen LogP contribution in [-0.2, 0) is 0 Å². The molecule has 0 unspecified atom stereocenters. The molecule has 0 spiro atoms. The molecule has 8 nitrogen and oxygen atoms in total. The molecule has 2 aromatic carbocycles. The van der Waals surface area contributed by atoms with Gasteiger partial charge in [0.15, 0.2) is 0 Å². The van der Waals surface area contributed by atoms with E-state index >= 15 is 0 Å². The van der Waals surface area contributed by atoms with Crippen LogP contribution >= 0.6 is 0 Å². The molecule has 32 heavy (non-hydrogen) atoms. The minimum absolute atomic E-state index is 0.0211. The molecule has 8 heteroatoms. The Labute approximate surface area is 188 Å². The normalized spacial score (nSPS) is 17.1. The van der Waals surface area contributed by atoms with Crippen LogP contribution in [0.3, 0.4) is 0 Å². The van der Waals surface area contributed by atoms with Crippen LogP contribution in [0.4, 0.5) is 17.1 Å². The summed E-state index contributed by atoms with van der Waals surface area (Å²) >= 11 is 0. The highest BCUT2D eigenvalue weighted by atomic mass is 16.6. The third-order valence-electron chi connectivity index (χ3n) is 6.35. The molecule has 0 bridgehead atoms. The number of nitro benzene ring substituents is 1. The molecule has 2 heterocycles. The number of anilines is 2. The van der Waals surface area contributed by atoms with Gasteiger partial charge in [-0.2, -0.15) is 0 Å². The fourth-order valence-corrected chi connectivity index (χ4v) is 4.54. The Morgan fingerprint density at radius 3 is 2.28 bits per heavy atom. The fraction of sp³-hybridized carbons (Fsp3) is 0.458. The molecule has 0 radical (unpaired) electrons. The summed E-state index contributed by atoms with van der Waals surface area (Å²) in [6.45, 7) is 4.18. The van der Waals surface area contributed by atoms with E-state index in [0.29, 0.717) is 37.4 Å². The van der Waals surface area contributed by atoms with Crippen molar-refractivity contribution in [1.29, 1.82) is 0 Å². The predicted octanol–water partition coefficient (Wildman–Crippen LogP) is 3.95. The molecule has 2 aromatic rings. The number of hydrogen-bond acceptors (Lipinski definition) is 6. The van der Waals surface area contributed by atoms with Gasteiger partial charge in [0.25, 0.3) is 11.6 Å². The van der Waals surface area contributed by atoms with Crippen molar-refractivity contribution in [2.75, 3.05) is 56.2 Å². The molecule has 1 amide bonds. The Morgan fingerprint density at radius 2 is 1.62 bits per heavy atom. The van der Waals surface area contributed by atoms with E-state index in [-0.39, 0.29) is 16.5 Å². The van der Waals surface area contributed by atoms with Crippen LogP contribution in [0.15, 0.2) is 42.5 Å². The summed E-state index contributed by atoms with van der Waals surface area (Å²) in [4.78, 5) is 30.6. The number of nitro groups is 1. The molecule has 0 atom stereocenters. The lowest BCUT2D eigenvalue weighted by atomic mass is 10.1. The third-order valence-corrected chi connectivity index (χ3v) is 6.35. The lowest BCUT2D eigenvalue weighted by Crippen LogP contribution is -2.48. The first-order chi connectivity index (χ1) is 15.6. The number of ether oxygens (including phenoxy) is 1. The molecule has 0 N–H and O–H groups in total. The Bertz CT molecular complexity index is 964. The predicted molar refractivity (Wildman–Crippen MR) is 125 cm³/mol. The fourth-order valence-electron chi connectivity index (χ4n) is 4.54. The Hall–Kier alpha value is -3.29. The van der Waals surface area contributed by atoms with Crippen LogP contribution < -0.4 is 14.5 Å². The molecule has 4 rings (SSSR count). The van der Waals surface area contributed by atoms with Crippen LogP contribution in [-0.4, -0.2) is 62.1 Å². The first kappa shape index (κ1) is 21.9. The average Bonchev–Trinajstić information content (AvgIpc) is 3.13. The van der Waals surface area contributed by atoms with Gasteiger partial charge < -0.3 is 19.4 Å². The minimum Gasteiger partial charge on any atom is -0.497 e. The number of methoxy groups -OCH3 is 1. The zero-order valence-corrected chi connectivity index (χ0v) is 18.5. The summed E-state index contributed by atoms with van der Waals surface area (Å²) in [5.41, 5.74) is 2.09. The highest BCUT2D eigenvalue weighted by molar-refractivity contribution is 5.96. The number of piperazine rings is 1. The van der Waals surface area contributed by atoms with Crippen LogP contribution in [0.1, 0.15) is 36.0 Å². The molecule has 0 aromatic heterocycles. The van der Waals surface area contributed by atoms with Crippen molar-refractivity contribution in [3.8, 4) is 5.75 Å². The Kier molecular flexibility index (Phi) is 6.78. The maximum absolute atomic E-state index is 13.1. The topological polar surface area (TPSA) is 79.2 Å². The van der Waals surface area contributed by atoms with Crippen molar-refractivity contribution in [2.24, 2.45) is 0 Å². The van der Waals surface area contributed by atoms with Gasteiger partial charge in [-0.15, -0.1) is 0 Å². The molecule has 2 saturated heterocycles. The maximum atomic E-state index is 13.1. The Balaban J connectivity index is 1.46. The van der Waals surface area contributed by atoms with E-state index in [1.807, 2.05) is 24.3 Å². The maximum Gasteiger partial charge on any atom is 0.293 e. The zero-order chi connectivity index (χ0) is 22.5. The van der Waals surface area contributed by atoms with Gasteiger partial charge >= 0.3 is 0 Å². The third kappa shape index (κ3) is 4.79. The standard InChI is InChI=1S/C24H30N4O4/c1-32-21-8-6-7-20(18-21)25-13-15-27(16-14-25)24(29)19-9-10-22(23(17-19)28(30)31)26-11-4-2-3-5-12-26/h6-10,17-18H,2-5,11-16H2,1H3. The largest absolute Gasteiger partial charge is 0.497 e. The Morgan fingerprint density at radius 1 is 0.906 bits per heavy atom. The van der Waals surface area contributed by atoms with Gasteiger partial charge in [0.1, 0.15) is 11.4 Å². The van der Waals surface area contributed by atoms with Gasteiger partial charge in [-0.3, -0.25) is 14.9 Å². The molecule has 0 aliphatic carbocycles. The second kappa shape index (κ2) is 9.89. The van der Waals surface area contributed by atoms with Crippen molar-refractivity contribution >= 4 is 23.0 Å². The molecule has 2 fully saturated rings. The summed E-state index contributed by atoms with van der Waals surface area (Å²) in [5, 5.41) is 11.8. The van der Waals surface area contributed by atoms with Crippen molar-refractivity contribution in [3.05, 3.63) is 58.1 Å². The second-order valence-corrected chi connectivity index (χ2v) is 8.34. The summed E-state index contributed by atoms with van der Waals surface area (Å²) in [5.74, 6) is 0.652. The van der Waals surface area contributed by atoms with Crippen molar-refractivity contribution < 1.29 is 14.5 Å². The van der Waals surface area contributed by atoms with Gasteiger partial charge in [0, 0.05) is 62.7 Å². The number of carbonyl (C=O) groups excluding carboxylic acids is 1. The van der Waals surface area contributed by atoms with E-state index in [0.717, 1.165) is 50.2 Å². The lowest BCUT2D eigenvalue weighted by molar-refractivity contribution is -0.384. The van der Waals surface area contributed by atoms with Crippen molar-refractivity contribution in [3.63, 3.8) is 0 Å². The highest BCUT2D eigenvalue weighted by Crippen LogP contribution is 2.31. The molecule has 2 aliphatic rings. The number of hydrogen-bond donors (Lipinski definition) is 0. The molecule has 2 aliphatic heterocycles.